The molecule has 0 aromatic rings. The molecule has 84 valence electrons. The lowest BCUT2D eigenvalue weighted by Crippen LogP contribution is -2.39. The molecule has 0 nitrogen and oxygen atoms in total. The molecular weight excluding hydrogens is 180 g/mol. The molecule has 0 N–H and O–H groups in total. The van der Waals surface area contributed by atoms with Crippen LogP contribution < -0.4 is 0 Å². The minimum Gasteiger partial charge on any atom is -0.0998 e. The predicted molar refractivity (Wildman–Crippen MR) is 64.5 cm³/mol. The van der Waals surface area contributed by atoms with E-state index in [0.717, 1.165) is 29.6 Å². The fraction of sp³-hybridized carbons (Fsp3) is 0.867. The van der Waals surface area contributed by atoms with E-state index in [1.54, 1.807) is 0 Å². The molecule has 0 aromatic heterocycles. The Balaban J connectivity index is 1.99. The van der Waals surface area contributed by atoms with Gasteiger partial charge >= 0.3 is 0 Å². The molecule has 15 heavy (non-hydrogen) atoms. The first-order valence-corrected chi connectivity index (χ1v) is 6.71. The quantitative estimate of drug-likeness (QED) is 0.559. The molecule has 3 rings (SSSR count). The maximum atomic E-state index is 4.28. The third-order valence-electron chi connectivity index (χ3n) is 6.16. The predicted octanol–water partition coefficient (Wildman–Crippen LogP) is 4.27. The molecule has 3 saturated carbocycles. The molecule has 0 aliphatic heterocycles. The molecular formula is C15H24. The van der Waals surface area contributed by atoms with Crippen molar-refractivity contribution in [2.45, 2.75) is 46.5 Å². The van der Waals surface area contributed by atoms with Crippen molar-refractivity contribution >= 4 is 0 Å². The van der Waals surface area contributed by atoms with Gasteiger partial charge in [0.15, 0.2) is 0 Å². The Morgan fingerprint density at radius 3 is 2.47 bits per heavy atom. The molecule has 0 amide bonds. The lowest BCUT2D eigenvalue weighted by molar-refractivity contribution is 0.0272. The van der Waals surface area contributed by atoms with Crippen molar-refractivity contribution in [3.8, 4) is 0 Å². The molecule has 3 unspecified atom stereocenters. The van der Waals surface area contributed by atoms with Crippen LogP contribution in [0, 0.1) is 35.0 Å². The number of allylic oxidation sites excluding steroid dienone is 1. The molecule has 6 atom stereocenters. The Kier molecular flexibility index (Phi) is 1.92. The van der Waals surface area contributed by atoms with E-state index in [1.807, 2.05) is 0 Å². The van der Waals surface area contributed by atoms with Crippen molar-refractivity contribution in [3.05, 3.63) is 12.2 Å². The minimum absolute atomic E-state index is 0.707. The number of hydrogen-bond donors (Lipinski definition) is 0. The normalized spacial score (nSPS) is 57.1. The van der Waals surface area contributed by atoms with Crippen molar-refractivity contribution in [2.75, 3.05) is 0 Å². The summed E-state index contributed by atoms with van der Waals surface area (Å²) >= 11 is 0. The Morgan fingerprint density at radius 2 is 1.93 bits per heavy atom. The van der Waals surface area contributed by atoms with Crippen LogP contribution in [-0.2, 0) is 0 Å². The van der Waals surface area contributed by atoms with Gasteiger partial charge in [-0.15, -0.1) is 0 Å². The van der Waals surface area contributed by atoms with Crippen molar-refractivity contribution in [3.63, 3.8) is 0 Å². The summed E-state index contributed by atoms with van der Waals surface area (Å²) in [6, 6.07) is 0. The summed E-state index contributed by atoms with van der Waals surface area (Å²) in [5.41, 5.74) is 2.19. The molecule has 3 fully saturated rings. The molecule has 0 bridgehead atoms. The Bertz CT molecular complexity index is 303. The highest BCUT2D eigenvalue weighted by Gasteiger charge is 2.64. The molecule has 0 aromatic carbocycles. The SMILES string of the molecule is C=C(C)[C@H]1C2C(CC[C@H]2C)[C@@]2(C)CCC12. The monoisotopic (exact) mass is 204 g/mol. The largest absolute Gasteiger partial charge is 0.0998 e. The Labute approximate surface area is 94.1 Å². The minimum atomic E-state index is 0.707. The fourth-order valence-electron chi connectivity index (χ4n) is 5.35. The van der Waals surface area contributed by atoms with Crippen LogP contribution in [0.15, 0.2) is 12.2 Å². The second-order valence-corrected chi connectivity index (χ2v) is 6.76. The van der Waals surface area contributed by atoms with Gasteiger partial charge < -0.3 is 0 Å². The van der Waals surface area contributed by atoms with Crippen molar-refractivity contribution in [1.82, 2.24) is 0 Å². The maximum Gasteiger partial charge on any atom is -0.0141 e. The van der Waals surface area contributed by atoms with Crippen molar-refractivity contribution in [2.24, 2.45) is 35.0 Å². The van der Waals surface area contributed by atoms with E-state index in [-0.39, 0.29) is 0 Å². The van der Waals surface area contributed by atoms with Gasteiger partial charge in [0.1, 0.15) is 0 Å². The van der Waals surface area contributed by atoms with E-state index >= 15 is 0 Å². The second kappa shape index (κ2) is 2.90. The summed E-state index contributed by atoms with van der Waals surface area (Å²) in [7, 11) is 0. The number of rotatable bonds is 1. The van der Waals surface area contributed by atoms with Crippen LogP contribution in [0.25, 0.3) is 0 Å². The van der Waals surface area contributed by atoms with E-state index in [0.29, 0.717) is 5.41 Å². The van der Waals surface area contributed by atoms with Gasteiger partial charge in [-0.1, -0.05) is 32.4 Å². The first-order valence-electron chi connectivity index (χ1n) is 6.71. The van der Waals surface area contributed by atoms with E-state index in [2.05, 4.69) is 27.4 Å². The fourth-order valence-corrected chi connectivity index (χ4v) is 5.35. The topological polar surface area (TPSA) is 0 Å². The number of fused-ring (bicyclic) bond motifs is 3. The molecule has 0 heteroatoms. The Hall–Kier alpha value is -0.260. The van der Waals surface area contributed by atoms with Crippen LogP contribution in [0.2, 0.25) is 0 Å². The highest BCUT2D eigenvalue weighted by molar-refractivity contribution is 5.19. The average molecular weight is 204 g/mol. The van der Waals surface area contributed by atoms with Gasteiger partial charge in [0, 0.05) is 0 Å². The summed E-state index contributed by atoms with van der Waals surface area (Å²) in [6.07, 6.45) is 5.95. The van der Waals surface area contributed by atoms with Gasteiger partial charge in [0.25, 0.3) is 0 Å². The summed E-state index contributed by atoms with van der Waals surface area (Å²) in [5, 5.41) is 0. The zero-order chi connectivity index (χ0) is 10.8. The van der Waals surface area contributed by atoms with Crippen molar-refractivity contribution < 1.29 is 0 Å². The lowest BCUT2D eigenvalue weighted by Gasteiger charge is -2.47. The zero-order valence-corrected chi connectivity index (χ0v) is 10.4. The number of hydrogen-bond acceptors (Lipinski definition) is 0. The van der Waals surface area contributed by atoms with Gasteiger partial charge in [-0.3, -0.25) is 0 Å². The summed E-state index contributed by atoms with van der Waals surface area (Å²) in [6.45, 7) is 11.6. The van der Waals surface area contributed by atoms with Crippen LogP contribution in [0.1, 0.15) is 46.5 Å². The molecule has 3 aliphatic rings. The van der Waals surface area contributed by atoms with Crippen LogP contribution in [-0.4, -0.2) is 0 Å². The van der Waals surface area contributed by atoms with E-state index < -0.39 is 0 Å². The molecule has 0 saturated heterocycles. The van der Waals surface area contributed by atoms with Gasteiger partial charge in [-0.05, 0) is 61.2 Å². The second-order valence-electron chi connectivity index (χ2n) is 6.76. The highest BCUT2D eigenvalue weighted by Crippen LogP contribution is 2.71. The van der Waals surface area contributed by atoms with Gasteiger partial charge in [0.2, 0.25) is 0 Å². The van der Waals surface area contributed by atoms with Gasteiger partial charge in [-0.2, -0.15) is 0 Å². The first-order chi connectivity index (χ1) is 7.05. The van der Waals surface area contributed by atoms with Crippen LogP contribution in [0.4, 0.5) is 0 Å². The first kappa shape index (κ1) is 9.93. The van der Waals surface area contributed by atoms with Crippen molar-refractivity contribution in [1.29, 1.82) is 0 Å². The molecule has 0 radical (unpaired) electrons. The Morgan fingerprint density at radius 1 is 1.20 bits per heavy atom. The lowest BCUT2D eigenvalue weighted by atomic mass is 9.57. The summed E-state index contributed by atoms with van der Waals surface area (Å²) < 4.78 is 0. The van der Waals surface area contributed by atoms with Crippen LogP contribution in [0.3, 0.4) is 0 Å². The van der Waals surface area contributed by atoms with Gasteiger partial charge in [0.05, 0.1) is 0 Å². The molecule has 0 heterocycles. The smallest absolute Gasteiger partial charge is 0.0141 e. The highest BCUT2D eigenvalue weighted by atomic mass is 14.7. The molecule has 3 aliphatic carbocycles. The average Bonchev–Trinajstić information content (AvgIpc) is 2.59. The summed E-state index contributed by atoms with van der Waals surface area (Å²) in [4.78, 5) is 0. The zero-order valence-electron chi connectivity index (χ0n) is 10.4. The standard InChI is InChI=1S/C15H24/c1-9(2)13-12-7-8-15(12,4)11-6-5-10(3)14(11)13/h10-14H,1,5-8H2,2-4H3/t10-,11?,12?,13-,14?,15-/m1/s1. The van der Waals surface area contributed by atoms with E-state index in [4.69, 9.17) is 0 Å². The third-order valence-corrected chi connectivity index (χ3v) is 6.16. The van der Waals surface area contributed by atoms with Gasteiger partial charge in [-0.25, -0.2) is 0 Å². The third kappa shape index (κ3) is 1.04. The molecule has 0 spiro atoms. The summed E-state index contributed by atoms with van der Waals surface area (Å²) in [5.74, 6) is 4.84. The van der Waals surface area contributed by atoms with E-state index in [1.165, 1.54) is 31.3 Å². The maximum absolute atomic E-state index is 4.28. The van der Waals surface area contributed by atoms with Crippen LogP contribution >= 0.6 is 0 Å². The van der Waals surface area contributed by atoms with E-state index in [9.17, 15) is 0 Å². The van der Waals surface area contributed by atoms with Crippen LogP contribution in [0.5, 0.6) is 0 Å².